The van der Waals surface area contributed by atoms with Gasteiger partial charge in [0.2, 0.25) is 5.91 Å². The summed E-state index contributed by atoms with van der Waals surface area (Å²) in [6.07, 6.45) is 0. The fraction of sp³-hybridized carbons (Fsp3) is 0.320. The summed E-state index contributed by atoms with van der Waals surface area (Å²) in [5.41, 5.74) is 4.91. The van der Waals surface area contributed by atoms with Gasteiger partial charge >= 0.3 is 0 Å². The smallest absolute Gasteiger partial charge is 0.259 e. The van der Waals surface area contributed by atoms with Crippen LogP contribution in [0, 0.1) is 20.8 Å². The third kappa shape index (κ3) is 4.57. The van der Waals surface area contributed by atoms with Gasteiger partial charge in [-0.2, -0.15) is 0 Å². The van der Waals surface area contributed by atoms with Gasteiger partial charge < -0.3 is 14.7 Å². The fourth-order valence-electron chi connectivity index (χ4n) is 4.08. The van der Waals surface area contributed by atoms with E-state index in [0.717, 1.165) is 22.4 Å². The first-order valence-corrected chi connectivity index (χ1v) is 10.8. The molecule has 0 bridgehead atoms. The molecule has 7 heteroatoms. The third-order valence-corrected chi connectivity index (χ3v) is 5.90. The highest BCUT2D eigenvalue weighted by Gasteiger charge is 2.29. The molecule has 0 saturated carbocycles. The van der Waals surface area contributed by atoms with Crippen molar-refractivity contribution in [3.8, 4) is 11.3 Å². The predicted octanol–water partition coefficient (Wildman–Crippen LogP) is 3.66. The largest absolute Gasteiger partial charge is 0.360 e. The molecule has 3 aromatic rings. The molecule has 7 nitrogen and oxygen atoms in total. The Hall–Kier alpha value is -3.45. The highest BCUT2D eigenvalue weighted by molar-refractivity contribution is 6.01. The number of aryl methyl sites for hydroxylation is 3. The number of nitrogens with one attached hydrogen (secondary N) is 1. The molecule has 0 radical (unpaired) electrons. The van der Waals surface area contributed by atoms with Crippen LogP contribution in [0.25, 0.3) is 11.3 Å². The van der Waals surface area contributed by atoms with Crippen LogP contribution in [0.3, 0.4) is 0 Å². The van der Waals surface area contributed by atoms with Crippen LogP contribution in [0.5, 0.6) is 0 Å². The molecule has 1 N–H and O–H groups in total. The highest BCUT2D eigenvalue weighted by atomic mass is 16.5. The molecule has 0 atom stereocenters. The number of para-hydroxylation sites is 1. The second kappa shape index (κ2) is 9.36. The van der Waals surface area contributed by atoms with Crippen molar-refractivity contribution in [2.24, 2.45) is 0 Å². The number of carbonyl (C=O) groups excluding carboxylic acids is 2. The van der Waals surface area contributed by atoms with Crippen LogP contribution in [0.2, 0.25) is 0 Å². The second-order valence-electron chi connectivity index (χ2n) is 8.21. The Morgan fingerprint density at radius 3 is 2.25 bits per heavy atom. The summed E-state index contributed by atoms with van der Waals surface area (Å²) in [7, 11) is 0. The number of nitrogens with zero attached hydrogens (tertiary/aromatic N) is 3. The zero-order valence-corrected chi connectivity index (χ0v) is 18.7. The van der Waals surface area contributed by atoms with Crippen LogP contribution in [-0.2, 0) is 4.79 Å². The molecular weight excluding hydrogens is 404 g/mol. The van der Waals surface area contributed by atoms with Crippen molar-refractivity contribution in [3.63, 3.8) is 0 Å². The van der Waals surface area contributed by atoms with Crippen LogP contribution < -0.4 is 5.32 Å². The molecule has 0 aliphatic carbocycles. The monoisotopic (exact) mass is 432 g/mol. The Kier molecular flexibility index (Phi) is 6.37. The standard InChI is InChI=1S/C25H28N4O3/c1-17-8-7-9-18(2)23(17)26-21(30)16-28-12-14-29(15-13-28)25(31)22-19(3)32-27-24(22)20-10-5-4-6-11-20/h4-11H,12-16H2,1-3H3,(H,26,30). The van der Waals surface area contributed by atoms with Crippen molar-refractivity contribution in [2.45, 2.75) is 20.8 Å². The maximum Gasteiger partial charge on any atom is 0.259 e. The van der Waals surface area contributed by atoms with Crippen molar-refractivity contribution < 1.29 is 14.1 Å². The Morgan fingerprint density at radius 1 is 0.938 bits per heavy atom. The summed E-state index contributed by atoms with van der Waals surface area (Å²) in [5.74, 6) is 0.398. The van der Waals surface area contributed by atoms with Gasteiger partial charge in [-0.15, -0.1) is 0 Å². The first-order chi connectivity index (χ1) is 15.4. The lowest BCUT2D eigenvalue weighted by Gasteiger charge is -2.34. The SMILES string of the molecule is Cc1cccc(C)c1NC(=O)CN1CCN(C(=O)c2c(-c3ccccc3)noc2C)CC1. The summed E-state index contributed by atoms with van der Waals surface area (Å²) in [6, 6.07) is 15.5. The average molecular weight is 433 g/mol. The van der Waals surface area contributed by atoms with Crippen molar-refractivity contribution in [2.75, 3.05) is 38.0 Å². The van der Waals surface area contributed by atoms with E-state index >= 15 is 0 Å². The van der Waals surface area contributed by atoms with E-state index in [1.807, 2.05) is 67.3 Å². The minimum Gasteiger partial charge on any atom is -0.360 e. The Balaban J connectivity index is 1.37. The number of rotatable bonds is 5. The number of anilines is 1. The summed E-state index contributed by atoms with van der Waals surface area (Å²) in [4.78, 5) is 29.7. The minimum atomic E-state index is -0.0813. The van der Waals surface area contributed by atoms with E-state index in [1.165, 1.54) is 0 Å². The van der Waals surface area contributed by atoms with Gasteiger partial charge in [-0.1, -0.05) is 53.7 Å². The average Bonchev–Trinajstić information content (AvgIpc) is 3.18. The van der Waals surface area contributed by atoms with E-state index in [9.17, 15) is 9.59 Å². The highest BCUT2D eigenvalue weighted by Crippen LogP contribution is 2.26. The summed E-state index contributed by atoms with van der Waals surface area (Å²) in [5, 5.41) is 7.16. The molecule has 0 unspecified atom stereocenters. The molecule has 1 saturated heterocycles. The number of aromatic nitrogens is 1. The van der Waals surface area contributed by atoms with Gasteiger partial charge in [0.25, 0.3) is 5.91 Å². The third-order valence-electron chi connectivity index (χ3n) is 5.90. The maximum atomic E-state index is 13.2. The lowest BCUT2D eigenvalue weighted by atomic mass is 10.0. The van der Waals surface area contributed by atoms with Crippen molar-refractivity contribution in [3.05, 3.63) is 71.0 Å². The Labute approximate surface area is 188 Å². The Morgan fingerprint density at radius 2 is 1.59 bits per heavy atom. The van der Waals surface area contributed by atoms with Crippen LogP contribution in [0.1, 0.15) is 27.2 Å². The predicted molar refractivity (Wildman–Crippen MR) is 124 cm³/mol. The molecule has 1 aliphatic rings. The van der Waals surface area contributed by atoms with Gasteiger partial charge in [0.15, 0.2) is 0 Å². The maximum absolute atomic E-state index is 13.2. The number of hydrogen-bond donors (Lipinski definition) is 1. The van der Waals surface area contributed by atoms with E-state index in [2.05, 4.69) is 15.4 Å². The molecule has 32 heavy (non-hydrogen) atoms. The fourth-order valence-corrected chi connectivity index (χ4v) is 4.08. The molecule has 2 aromatic carbocycles. The lowest BCUT2D eigenvalue weighted by molar-refractivity contribution is -0.117. The molecule has 4 rings (SSSR count). The molecule has 2 heterocycles. The van der Waals surface area contributed by atoms with E-state index in [4.69, 9.17) is 4.52 Å². The van der Waals surface area contributed by atoms with Crippen molar-refractivity contribution in [1.29, 1.82) is 0 Å². The molecular formula is C25H28N4O3. The van der Waals surface area contributed by atoms with Crippen molar-refractivity contribution in [1.82, 2.24) is 15.0 Å². The molecule has 166 valence electrons. The molecule has 2 amide bonds. The van der Waals surface area contributed by atoms with E-state index < -0.39 is 0 Å². The van der Waals surface area contributed by atoms with Gasteiger partial charge in [0, 0.05) is 37.4 Å². The lowest BCUT2D eigenvalue weighted by Crippen LogP contribution is -2.50. The topological polar surface area (TPSA) is 78.7 Å². The van der Waals surface area contributed by atoms with Gasteiger partial charge in [0.1, 0.15) is 17.0 Å². The van der Waals surface area contributed by atoms with Crippen molar-refractivity contribution >= 4 is 17.5 Å². The zero-order valence-electron chi connectivity index (χ0n) is 18.7. The first kappa shape index (κ1) is 21.8. The minimum absolute atomic E-state index is 0.0385. The Bertz CT molecular complexity index is 1100. The van der Waals surface area contributed by atoms with E-state index in [-0.39, 0.29) is 11.8 Å². The molecule has 0 spiro atoms. The zero-order chi connectivity index (χ0) is 22.7. The number of hydrogen-bond acceptors (Lipinski definition) is 5. The molecule has 1 aromatic heterocycles. The number of piperazine rings is 1. The number of carbonyl (C=O) groups is 2. The van der Waals surface area contributed by atoms with Crippen LogP contribution in [0.4, 0.5) is 5.69 Å². The second-order valence-corrected chi connectivity index (χ2v) is 8.21. The van der Waals surface area contributed by atoms with Gasteiger partial charge in [0.05, 0.1) is 6.54 Å². The van der Waals surface area contributed by atoms with E-state index in [0.29, 0.717) is 49.7 Å². The van der Waals surface area contributed by atoms with E-state index in [1.54, 1.807) is 6.92 Å². The summed E-state index contributed by atoms with van der Waals surface area (Å²) < 4.78 is 5.35. The molecule has 1 fully saturated rings. The quantitative estimate of drug-likeness (QED) is 0.666. The molecule has 1 aliphatic heterocycles. The number of benzene rings is 2. The normalized spacial score (nSPS) is 14.4. The van der Waals surface area contributed by atoms with Crippen LogP contribution in [-0.4, -0.2) is 59.5 Å². The number of amides is 2. The summed E-state index contributed by atoms with van der Waals surface area (Å²) >= 11 is 0. The summed E-state index contributed by atoms with van der Waals surface area (Å²) in [6.45, 7) is 8.42. The van der Waals surface area contributed by atoms with Crippen LogP contribution in [0.15, 0.2) is 53.1 Å². The van der Waals surface area contributed by atoms with Gasteiger partial charge in [-0.25, -0.2) is 0 Å². The van der Waals surface area contributed by atoms with Gasteiger partial charge in [-0.3, -0.25) is 14.5 Å². The first-order valence-electron chi connectivity index (χ1n) is 10.8. The van der Waals surface area contributed by atoms with Crippen LogP contribution >= 0.6 is 0 Å². The van der Waals surface area contributed by atoms with Gasteiger partial charge in [-0.05, 0) is 31.9 Å².